The summed E-state index contributed by atoms with van der Waals surface area (Å²) in [5.41, 5.74) is 0.331. The normalized spacial score (nSPS) is 17.5. The fourth-order valence-electron chi connectivity index (χ4n) is 2.93. The molecule has 0 unspecified atom stereocenters. The standard InChI is InChI=1S/C21H18N4O4S2/c1-2-8-18-24-25-19(22)16(20(26)23-21(25)30-18)13-14-9-6-7-12-17(14)29-31(27,28)15-10-4-3-5-11-15/h3-7,9-13,22H,2,8H2,1H3/b16-13+,22-19?. The quantitative estimate of drug-likeness (QED) is 0.524. The van der Waals surface area contributed by atoms with Crippen LogP contribution in [0.15, 0.2) is 75.2 Å². The molecular weight excluding hydrogens is 436 g/mol. The summed E-state index contributed by atoms with van der Waals surface area (Å²) in [5, 5.41) is 15.3. The Morgan fingerprint density at radius 1 is 1.13 bits per heavy atom. The highest BCUT2D eigenvalue weighted by Crippen LogP contribution is 2.31. The smallest absolute Gasteiger partial charge is 0.339 e. The molecule has 0 fully saturated rings. The minimum absolute atomic E-state index is 0.000919. The molecule has 2 aliphatic rings. The zero-order valence-electron chi connectivity index (χ0n) is 16.5. The largest absolute Gasteiger partial charge is 0.378 e. The number of nitrogens with zero attached hydrogens (tertiary/aromatic N) is 3. The van der Waals surface area contributed by atoms with E-state index in [1.54, 1.807) is 36.4 Å². The lowest BCUT2D eigenvalue weighted by molar-refractivity contribution is -0.114. The van der Waals surface area contributed by atoms with Crippen molar-refractivity contribution in [2.45, 2.75) is 24.7 Å². The van der Waals surface area contributed by atoms with Crippen LogP contribution in [0.3, 0.4) is 0 Å². The predicted molar refractivity (Wildman–Crippen MR) is 121 cm³/mol. The van der Waals surface area contributed by atoms with Gasteiger partial charge in [-0.2, -0.15) is 23.5 Å². The molecule has 10 heteroatoms. The number of nitrogens with one attached hydrogen (secondary N) is 1. The molecule has 0 spiro atoms. The Bertz CT molecular complexity index is 1250. The molecule has 0 atom stereocenters. The predicted octanol–water partition coefficient (Wildman–Crippen LogP) is 3.87. The third kappa shape index (κ3) is 4.30. The summed E-state index contributed by atoms with van der Waals surface area (Å²) in [6.07, 6.45) is 3.02. The highest BCUT2D eigenvalue weighted by molar-refractivity contribution is 8.26. The van der Waals surface area contributed by atoms with Gasteiger partial charge in [0.25, 0.3) is 5.91 Å². The minimum atomic E-state index is -4.06. The van der Waals surface area contributed by atoms with Crippen molar-refractivity contribution in [1.82, 2.24) is 5.01 Å². The molecule has 0 aromatic heterocycles. The molecule has 2 aromatic carbocycles. The Morgan fingerprint density at radius 2 is 1.84 bits per heavy atom. The molecule has 2 heterocycles. The van der Waals surface area contributed by atoms with E-state index in [-0.39, 0.29) is 22.1 Å². The van der Waals surface area contributed by atoms with E-state index in [0.29, 0.717) is 10.7 Å². The molecule has 158 valence electrons. The number of carbonyl (C=O) groups excluding carboxylic acids is 1. The molecule has 0 bridgehead atoms. The Hall–Kier alpha value is -3.24. The second kappa shape index (κ2) is 8.48. The van der Waals surface area contributed by atoms with Crippen molar-refractivity contribution in [2.24, 2.45) is 10.1 Å². The van der Waals surface area contributed by atoms with Crippen LogP contribution in [0.25, 0.3) is 6.08 Å². The van der Waals surface area contributed by atoms with Gasteiger partial charge in [0.05, 0.1) is 5.57 Å². The van der Waals surface area contributed by atoms with Crippen molar-refractivity contribution in [2.75, 3.05) is 0 Å². The monoisotopic (exact) mass is 454 g/mol. The lowest BCUT2D eigenvalue weighted by atomic mass is 10.1. The van der Waals surface area contributed by atoms with Gasteiger partial charge in [-0.1, -0.05) is 43.3 Å². The van der Waals surface area contributed by atoms with Crippen LogP contribution in [-0.2, 0) is 14.9 Å². The van der Waals surface area contributed by atoms with E-state index in [9.17, 15) is 13.2 Å². The average Bonchev–Trinajstić information content (AvgIpc) is 3.15. The van der Waals surface area contributed by atoms with Crippen LogP contribution in [0.5, 0.6) is 5.75 Å². The highest BCUT2D eigenvalue weighted by atomic mass is 32.2. The lowest BCUT2D eigenvalue weighted by Crippen LogP contribution is -2.35. The van der Waals surface area contributed by atoms with Crippen LogP contribution in [-0.4, -0.2) is 35.4 Å². The molecule has 1 N–H and O–H groups in total. The van der Waals surface area contributed by atoms with Gasteiger partial charge in [0, 0.05) is 5.56 Å². The minimum Gasteiger partial charge on any atom is -0.378 e. The van der Waals surface area contributed by atoms with Gasteiger partial charge in [0.1, 0.15) is 15.7 Å². The van der Waals surface area contributed by atoms with Gasteiger partial charge < -0.3 is 4.18 Å². The summed E-state index contributed by atoms with van der Waals surface area (Å²) >= 11 is 1.28. The molecule has 8 nitrogen and oxygen atoms in total. The van der Waals surface area contributed by atoms with E-state index in [0.717, 1.165) is 17.9 Å². The van der Waals surface area contributed by atoms with Crippen molar-refractivity contribution < 1.29 is 17.4 Å². The maximum absolute atomic E-state index is 12.6. The zero-order chi connectivity index (χ0) is 22.0. The Kier molecular flexibility index (Phi) is 5.75. The number of para-hydroxylation sites is 1. The molecule has 0 radical (unpaired) electrons. The third-order valence-corrected chi connectivity index (χ3v) is 6.63. The number of thioether (sulfide) groups is 1. The number of amidine groups is 2. The second-order valence-corrected chi connectivity index (χ2v) is 9.24. The highest BCUT2D eigenvalue weighted by Gasteiger charge is 2.35. The van der Waals surface area contributed by atoms with Crippen molar-refractivity contribution in [1.29, 1.82) is 5.41 Å². The molecule has 0 saturated carbocycles. The number of hydrazone groups is 1. The van der Waals surface area contributed by atoms with Crippen LogP contribution in [0.4, 0.5) is 0 Å². The first kappa shape index (κ1) is 21.0. The number of rotatable bonds is 6. The van der Waals surface area contributed by atoms with Gasteiger partial charge in [-0.15, -0.1) is 0 Å². The van der Waals surface area contributed by atoms with E-state index < -0.39 is 16.0 Å². The Labute approximate surface area is 184 Å². The van der Waals surface area contributed by atoms with Gasteiger partial charge in [-0.25, -0.2) is 0 Å². The van der Waals surface area contributed by atoms with Gasteiger partial charge in [-0.05, 0) is 48.9 Å². The summed E-state index contributed by atoms with van der Waals surface area (Å²) in [6.45, 7) is 2.02. The second-order valence-electron chi connectivity index (χ2n) is 6.65. The summed E-state index contributed by atoms with van der Waals surface area (Å²) < 4.78 is 30.6. The number of fused-ring (bicyclic) bond motifs is 1. The molecule has 0 saturated heterocycles. The Morgan fingerprint density at radius 3 is 2.58 bits per heavy atom. The first-order valence-corrected chi connectivity index (χ1v) is 11.7. The fraction of sp³-hybridized carbons (Fsp3) is 0.143. The van der Waals surface area contributed by atoms with E-state index in [1.807, 2.05) is 6.92 Å². The maximum Gasteiger partial charge on any atom is 0.339 e. The number of benzene rings is 2. The molecular formula is C21H18N4O4S2. The molecule has 2 aromatic rings. The van der Waals surface area contributed by atoms with Crippen LogP contribution in [0.1, 0.15) is 25.3 Å². The van der Waals surface area contributed by atoms with E-state index >= 15 is 0 Å². The number of carbonyl (C=O) groups is 1. The SMILES string of the molecule is CCCC1=NN2C(=N)/C(=C\c3ccccc3OS(=O)(=O)c3ccccc3)C(=O)N=C2S1. The van der Waals surface area contributed by atoms with Crippen molar-refractivity contribution in [3.63, 3.8) is 0 Å². The number of aliphatic imine (C=N–C) groups is 1. The number of amides is 1. The Balaban J connectivity index is 1.68. The topological polar surface area (TPSA) is 112 Å². The van der Waals surface area contributed by atoms with Crippen LogP contribution < -0.4 is 4.18 Å². The molecule has 1 amide bonds. The van der Waals surface area contributed by atoms with Gasteiger partial charge >= 0.3 is 10.1 Å². The van der Waals surface area contributed by atoms with Crippen LogP contribution in [0.2, 0.25) is 0 Å². The van der Waals surface area contributed by atoms with Crippen molar-refractivity contribution in [3.8, 4) is 5.75 Å². The van der Waals surface area contributed by atoms with Crippen molar-refractivity contribution >= 4 is 49.9 Å². The van der Waals surface area contributed by atoms with E-state index in [2.05, 4.69) is 10.1 Å². The molecule has 2 aliphatic heterocycles. The number of hydrogen-bond acceptors (Lipinski definition) is 7. The van der Waals surface area contributed by atoms with Crippen molar-refractivity contribution in [3.05, 3.63) is 65.7 Å². The zero-order valence-corrected chi connectivity index (χ0v) is 18.1. The fourth-order valence-corrected chi connectivity index (χ4v) is 4.89. The lowest BCUT2D eigenvalue weighted by Gasteiger charge is -2.20. The molecule has 31 heavy (non-hydrogen) atoms. The van der Waals surface area contributed by atoms with E-state index in [4.69, 9.17) is 9.59 Å². The molecule has 4 rings (SSSR count). The average molecular weight is 455 g/mol. The van der Waals surface area contributed by atoms with Crippen LogP contribution >= 0.6 is 11.8 Å². The maximum atomic E-state index is 12.6. The van der Waals surface area contributed by atoms with Crippen LogP contribution in [0, 0.1) is 5.41 Å². The first-order chi connectivity index (χ1) is 14.9. The molecule has 0 aliphatic carbocycles. The van der Waals surface area contributed by atoms with Gasteiger partial charge in [0.15, 0.2) is 5.84 Å². The summed E-state index contributed by atoms with van der Waals surface area (Å²) in [5.74, 6) is -0.660. The first-order valence-electron chi connectivity index (χ1n) is 9.46. The number of hydrogen-bond donors (Lipinski definition) is 1. The third-order valence-electron chi connectivity index (χ3n) is 4.41. The van der Waals surface area contributed by atoms with Gasteiger partial charge in [-0.3, -0.25) is 10.2 Å². The summed E-state index contributed by atoms with van der Waals surface area (Å²) in [4.78, 5) is 16.6. The van der Waals surface area contributed by atoms with Gasteiger partial charge in [0.2, 0.25) is 5.17 Å². The summed E-state index contributed by atoms with van der Waals surface area (Å²) in [7, 11) is -4.06. The van der Waals surface area contributed by atoms with E-state index in [1.165, 1.54) is 41.0 Å². The summed E-state index contributed by atoms with van der Waals surface area (Å²) in [6, 6.07) is 14.2.